The molecule has 0 amide bonds. The van der Waals surface area contributed by atoms with Gasteiger partial charge in [-0.1, -0.05) is 0 Å². The first kappa shape index (κ1) is 7.80. The summed E-state index contributed by atoms with van der Waals surface area (Å²) in [6, 6.07) is 0. The van der Waals surface area contributed by atoms with Crippen molar-refractivity contribution in [3.8, 4) is 0 Å². The molecule has 0 aromatic carbocycles. The fourth-order valence-electron chi connectivity index (χ4n) is 1.51. The average molecular weight is 168 g/mol. The molecule has 3 heteroatoms. The van der Waals surface area contributed by atoms with E-state index in [0.29, 0.717) is 12.7 Å². The van der Waals surface area contributed by atoms with Crippen LogP contribution in [0.2, 0.25) is 0 Å². The fraction of sp³-hybridized carbons (Fsp3) is 0.667. The average Bonchev–Trinajstić information content (AvgIpc) is 2.81. The predicted octanol–water partition coefficient (Wildman–Crippen LogP) is 1.04. The van der Waals surface area contributed by atoms with Gasteiger partial charge in [-0.15, -0.1) is 0 Å². The number of rotatable bonds is 2. The number of esters is 1. The maximum absolute atomic E-state index is 11.2. The predicted molar refractivity (Wildman–Crippen MR) is 42.6 cm³/mol. The smallest absolute Gasteiger partial charge is 0.333 e. The zero-order chi connectivity index (χ0) is 8.55. The van der Waals surface area contributed by atoms with Crippen molar-refractivity contribution in [2.45, 2.75) is 32.0 Å². The van der Waals surface area contributed by atoms with Crippen molar-refractivity contribution < 1.29 is 14.3 Å². The molecule has 3 nitrogen and oxygen atoms in total. The summed E-state index contributed by atoms with van der Waals surface area (Å²) in [6.07, 6.45) is 4.27. The lowest BCUT2D eigenvalue weighted by Crippen LogP contribution is -2.12. The molecule has 0 aromatic rings. The second kappa shape index (κ2) is 2.90. The lowest BCUT2D eigenvalue weighted by molar-refractivity contribution is -0.138. The molecule has 66 valence electrons. The molecule has 0 saturated carbocycles. The molecule has 2 rings (SSSR count). The van der Waals surface area contributed by atoms with Crippen LogP contribution in [0.25, 0.3) is 0 Å². The van der Waals surface area contributed by atoms with Crippen molar-refractivity contribution in [1.29, 1.82) is 0 Å². The van der Waals surface area contributed by atoms with Gasteiger partial charge in [-0.25, -0.2) is 4.79 Å². The Hall–Kier alpha value is -0.830. The Morgan fingerprint density at radius 1 is 1.83 bits per heavy atom. The molecule has 2 aliphatic rings. The van der Waals surface area contributed by atoms with Crippen molar-refractivity contribution in [3.05, 3.63) is 11.6 Å². The third-order valence-corrected chi connectivity index (χ3v) is 2.22. The number of carbonyl (C=O) groups excluding carboxylic acids is 1. The molecule has 2 unspecified atom stereocenters. The standard InChI is InChI=1S/C9H12O3/c1-2-11-9(10)6-3-4-7-8(5-6)12-7/h5,7-8H,2-4H2,1H3. The number of fused-ring (bicyclic) bond motifs is 1. The van der Waals surface area contributed by atoms with Gasteiger partial charge < -0.3 is 9.47 Å². The van der Waals surface area contributed by atoms with Gasteiger partial charge in [0.15, 0.2) is 0 Å². The molecule has 12 heavy (non-hydrogen) atoms. The first-order chi connectivity index (χ1) is 5.81. The molecular weight excluding hydrogens is 156 g/mol. The Kier molecular flexibility index (Phi) is 1.89. The summed E-state index contributed by atoms with van der Waals surface area (Å²) in [6.45, 7) is 2.27. The van der Waals surface area contributed by atoms with Crippen molar-refractivity contribution >= 4 is 5.97 Å². The summed E-state index contributed by atoms with van der Waals surface area (Å²) >= 11 is 0. The van der Waals surface area contributed by atoms with Gasteiger partial charge in [0, 0.05) is 5.57 Å². The van der Waals surface area contributed by atoms with Gasteiger partial charge in [0.25, 0.3) is 0 Å². The minimum atomic E-state index is -0.175. The zero-order valence-electron chi connectivity index (χ0n) is 7.08. The normalized spacial score (nSPS) is 31.9. The Bertz CT molecular complexity index is 232. The summed E-state index contributed by atoms with van der Waals surface area (Å²) in [4.78, 5) is 11.2. The van der Waals surface area contributed by atoms with Gasteiger partial charge in [0.05, 0.1) is 12.7 Å². The summed E-state index contributed by atoms with van der Waals surface area (Å²) in [5.41, 5.74) is 0.788. The van der Waals surface area contributed by atoms with Gasteiger partial charge in [0.2, 0.25) is 0 Å². The van der Waals surface area contributed by atoms with Gasteiger partial charge in [-0.2, -0.15) is 0 Å². The summed E-state index contributed by atoms with van der Waals surface area (Å²) in [5.74, 6) is -0.175. The molecule has 0 spiro atoms. The molecule has 0 bridgehead atoms. The number of hydrogen-bond acceptors (Lipinski definition) is 3. The van der Waals surface area contributed by atoms with Crippen molar-refractivity contribution in [1.82, 2.24) is 0 Å². The number of carbonyl (C=O) groups is 1. The highest BCUT2D eigenvalue weighted by Gasteiger charge is 2.40. The van der Waals surface area contributed by atoms with Crippen molar-refractivity contribution in [2.75, 3.05) is 6.61 Å². The summed E-state index contributed by atoms with van der Waals surface area (Å²) in [7, 11) is 0. The first-order valence-corrected chi connectivity index (χ1v) is 4.34. The maximum Gasteiger partial charge on any atom is 0.333 e. The van der Waals surface area contributed by atoms with Gasteiger partial charge in [0.1, 0.15) is 6.10 Å². The molecule has 0 radical (unpaired) electrons. The van der Waals surface area contributed by atoms with Crippen LogP contribution in [0.1, 0.15) is 19.8 Å². The quantitative estimate of drug-likeness (QED) is 0.456. The van der Waals surface area contributed by atoms with Crippen LogP contribution in [0.15, 0.2) is 11.6 Å². The Balaban J connectivity index is 1.98. The minimum Gasteiger partial charge on any atom is -0.463 e. The van der Waals surface area contributed by atoms with Crippen LogP contribution in [-0.4, -0.2) is 24.8 Å². The van der Waals surface area contributed by atoms with Gasteiger partial charge >= 0.3 is 5.97 Å². The number of hydrogen-bond donors (Lipinski definition) is 0. The summed E-state index contributed by atoms with van der Waals surface area (Å²) in [5, 5.41) is 0. The zero-order valence-corrected chi connectivity index (χ0v) is 7.08. The SMILES string of the molecule is CCOC(=O)C1=CC2OC2CC1. The lowest BCUT2D eigenvalue weighted by Gasteiger charge is -2.07. The second-order valence-electron chi connectivity index (χ2n) is 3.09. The molecule has 1 heterocycles. The highest BCUT2D eigenvalue weighted by molar-refractivity contribution is 5.88. The molecule has 1 aliphatic heterocycles. The highest BCUT2D eigenvalue weighted by Crippen LogP contribution is 2.35. The first-order valence-electron chi connectivity index (χ1n) is 4.34. The summed E-state index contributed by atoms with van der Waals surface area (Å²) < 4.78 is 10.1. The molecule has 1 aliphatic carbocycles. The van der Waals surface area contributed by atoms with Crippen LogP contribution < -0.4 is 0 Å². The molecule has 1 fully saturated rings. The largest absolute Gasteiger partial charge is 0.463 e. The maximum atomic E-state index is 11.2. The van der Waals surface area contributed by atoms with Gasteiger partial charge in [-0.05, 0) is 25.8 Å². The van der Waals surface area contributed by atoms with E-state index in [1.54, 1.807) is 0 Å². The second-order valence-corrected chi connectivity index (χ2v) is 3.09. The topological polar surface area (TPSA) is 38.8 Å². The molecule has 2 atom stereocenters. The van der Waals surface area contributed by atoms with Crippen LogP contribution in [0, 0.1) is 0 Å². The van der Waals surface area contributed by atoms with Crippen molar-refractivity contribution in [2.24, 2.45) is 0 Å². The van der Waals surface area contributed by atoms with Crippen LogP contribution in [0.4, 0.5) is 0 Å². The van der Waals surface area contributed by atoms with Crippen LogP contribution >= 0.6 is 0 Å². The number of epoxide rings is 1. The van der Waals surface area contributed by atoms with E-state index in [1.165, 1.54) is 0 Å². The van der Waals surface area contributed by atoms with E-state index < -0.39 is 0 Å². The Labute approximate surface area is 71.3 Å². The van der Waals surface area contributed by atoms with E-state index in [4.69, 9.17) is 9.47 Å². The third kappa shape index (κ3) is 1.37. The molecule has 1 saturated heterocycles. The van der Waals surface area contributed by atoms with E-state index in [2.05, 4.69) is 0 Å². The highest BCUT2D eigenvalue weighted by atomic mass is 16.6. The van der Waals surface area contributed by atoms with E-state index >= 15 is 0 Å². The molecular formula is C9H12O3. The third-order valence-electron chi connectivity index (χ3n) is 2.22. The number of ether oxygens (including phenoxy) is 2. The monoisotopic (exact) mass is 168 g/mol. The lowest BCUT2D eigenvalue weighted by atomic mass is 10.00. The van der Waals surface area contributed by atoms with Gasteiger partial charge in [-0.3, -0.25) is 0 Å². The minimum absolute atomic E-state index is 0.175. The van der Waals surface area contributed by atoms with E-state index in [9.17, 15) is 4.79 Å². The van der Waals surface area contributed by atoms with Crippen LogP contribution in [0.3, 0.4) is 0 Å². The van der Waals surface area contributed by atoms with E-state index in [-0.39, 0.29) is 12.1 Å². The van der Waals surface area contributed by atoms with E-state index in [1.807, 2.05) is 13.0 Å². The van der Waals surface area contributed by atoms with Crippen LogP contribution in [0.5, 0.6) is 0 Å². The fourth-order valence-corrected chi connectivity index (χ4v) is 1.51. The molecule has 0 N–H and O–H groups in total. The van der Waals surface area contributed by atoms with Crippen molar-refractivity contribution in [3.63, 3.8) is 0 Å². The molecule has 0 aromatic heterocycles. The Morgan fingerprint density at radius 2 is 2.67 bits per heavy atom. The Morgan fingerprint density at radius 3 is 3.33 bits per heavy atom. The van der Waals surface area contributed by atoms with Crippen LogP contribution in [-0.2, 0) is 14.3 Å². The van der Waals surface area contributed by atoms with E-state index in [0.717, 1.165) is 18.4 Å².